The van der Waals surface area contributed by atoms with Gasteiger partial charge < -0.3 is 14.2 Å². The van der Waals surface area contributed by atoms with E-state index in [1.54, 1.807) is 0 Å². The number of carbonyl (C=O) groups excluding carboxylic acids is 3. The van der Waals surface area contributed by atoms with Crippen molar-refractivity contribution in [1.82, 2.24) is 0 Å². The molecule has 402 valence electrons. The number of hydrogen-bond donors (Lipinski definition) is 0. The second kappa shape index (κ2) is 57.9. The smallest absolute Gasteiger partial charge is 0.306 e. The Kier molecular flexibility index (Phi) is 55.7. The summed E-state index contributed by atoms with van der Waals surface area (Å²) in [5.74, 6) is -0.911. The number of hydrogen-bond acceptors (Lipinski definition) is 6. The zero-order chi connectivity index (χ0) is 50.0. The molecule has 6 heteroatoms. The van der Waals surface area contributed by atoms with Crippen LogP contribution in [0.2, 0.25) is 0 Å². The molecule has 0 rings (SSSR count). The van der Waals surface area contributed by atoms with E-state index in [1.807, 2.05) is 0 Å². The van der Waals surface area contributed by atoms with Crippen LogP contribution < -0.4 is 0 Å². The molecule has 0 saturated heterocycles. The maximum atomic E-state index is 12.9. The SMILES string of the molecule is CCCCC/C=C\C/C=C\C/C=C\CCCCC(=O)OC[C@H](COC(=O)CCCCCCCCC/C=C\CCCCCC)OC(=O)CCCCCCCCCCCCCCCCCCCCCCC. The maximum Gasteiger partial charge on any atom is 0.306 e. The third-order valence-electron chi connectivity index (χ3n) is 13.3. The lowest BCUT2D eigenvalue weighted by molar-refractivity contribution is -0.167. The van der Waals surface area contributed by atoms with E-state index in [0.29, 0.717) is 19.3 Å². The molecule has 0 aliphatic rings. The van der Waals surface area contributed by atoms with Crippen molar-refractivity contribution in [3.05, 3.63) is 48.6 Å². The van der Waals surface area contributed by atoms with Gasteiger partial charge in [0.2, 0.25) is 0 Å². The molecular formula is C63H114O6. The molecule has 0 aromatic rings. The fraction of sp³-hybridized carbons (Fsp3) is 0.825. The molecule has 0 aliphatic carbocycles. The third kappa shape index (κ3) is 56.2. The summed E-state index contributed by atoms with van der Waals surface area (Å²) < 4.78 is 16.9. The van der Waals surface area contributed by atoms with E-state index >= 15 is 0 Å². The van der Waals surface area contributed by atoms with E-state index in [0.717, 1.165) is 70.6 Å². The highest BCUT2D eigenvalue weighted by Crippen LogP contribution is 2.17. The number of esters is 3. The third-order valence-corrected chi connectivity index (χ3v) is 13.3. The molecule has 0 bridgehead atoms. The fourth-order valence-corrected chi connectivity index (χ4v) is 8.74. The lowest BCUT2D eigenvalue weighted by atomic mass is 10.0. The second-order valence-electron chi connectivity index (χ2n) is 20.3. The molecule has 0 saturated carbocycles. The van der Waals surface area contributed by atoms with Crippen LogP contribution in [0.25, 0.3) is 0 Å². The molecule has 0 fully saturated rings. The minimum Gasteiger partial charge on any atom is -0.462 e. The van der Waals surface area contributed by atoms with Crippen molar-refractivity contribution in [2.24, 2.45) is 0 Å². The van der Waals surface area contributed by atoms with E-state index in [-0.39, 0.29) is 31.1 Å². The summed E-state index contributed by atoms with van der Waals surface area (Å²) >= 11 is 0. The summed E-state index contributed by atoms with van der Waals surface area (Å²) in [7, 11) is 0. The lowest BCUT2D eigenvalue weighted by Gasteiger charge is -2.18. The topological polar surface area (TPSA) is 78.9 Å². The average molecular weight is 968 g/mol. The molecule has 0 N–H and O–H groups in total. The van der Waals surface area contributed by atoms with Gasteiger partial charge in [-0.1, -0.05) is 262 Å². The van der Waals surface area contributed by atoms with Crippen molar-refractivity contribution in [3.63, 3.8) is 0 Å². The van der Waals surface area contributed by atoms with Crippen LogP contribution in [0.5, 0.6) is 0 Å². The van der Waals surface area contributed by atoms with Crippen LogP contribution in [0.15, 0.2) is 48.6 Å². The largest absolute Gasteiger partial charge is 0.462 e. The highest BCUT2D eigenvalue weighted by molar-refractivity contribution is 5.71. The van der Waals surface area contributed by atoms with Gasteiger partial charge in [-0.05, 0) is 83.5 Å². The number of rotatable bonds is 55. The molecule has 0 aliphatic heterocycles. The Morgan fingerprint density at radius 1 is 0.290 bits per heavy atom. The van der Waals surface area contributed by atoms with Crippen LogP contribution in [-0.4, -0.2) is 37.2 Å². The Morgan fingerprint density at radius 3 is 0.899 bits per heavy atom. The minimum absolute atomic E-state index is 0.0845. The lowest BCUT2D eigenvalue weighted by Crippen LogP contribution is -2.30. The second-order valence-corrected chi connectivity index (χ2v) is 20.3. The summed E-state index contributed by atoms with van der Waals surface area (Å²) in [4.78, 5) is 38.2. The van der Waals surface area contributed by atoms with Crippen molar-refractivity contribution in [1.29, 1.82) is 0 Å². The van der Waals surface area contributed by atoms with Crippen LogP contribution in [-0.2, 0) is 28.6 Å². The maximum absolute atomic E-state index is 12.9. The highest BCUT2D eigenvalue weighted by atomic mass is 16.6. The number of carbonyl (C=O) groups is 3. The van der Waals surface area contributed by atoms with Gasteiger partial charge in [-0.3, -0.25) is 14.4 Å². The first-order valence-electron chi connectivity index (χ1n) is 30.1. The van der Waals surface area contributed by atoms with Crippen LogP contribution in [0, 0.1) is 0 Å². The predicted octanol–water partition coefficient (Wildman–Crippen LogP) is 20.2. The van der Waals surface area contributed by atoms with Gasteiger partial charge >= 0.3 is 17.9 Å². The van der Waals surface area contributed by atoms with E-state index in [1.165, 1.54) is 205 Å². The summed E-state index contributed by atoms with van der Waals surface area (Å²) in [6.07, 6.45) is 71.1. The normalized spacial score (nSPS) is 12.3. The zero-order valence-corrected chi connectivity index (χ0v) is 46.1. The Bertz CT molecular complexity index is 1200. The molecule has 0 spiro atoms. The van der Waals surface area contributed by atoms with Crippen LogP contribution in [0.3, 0.4) is 0 Å². The van der Waals surface area contributed by atoms with Gasteiger partial charge in [-0.15, -0.1) is 0 Å². The summed E-state index contributed by atoms with van der Waals surface area (Å²) in [6.45, 7) is 6.60. The van der Waals surface area contributed by atoms with Gasteiger partial charge in [0.05, 0.1) is 0 Å². The Labute approximate surface area is 428 Å². The standard InChI is InChI=1S/C63H114O6/c1-4-7-10-13-16-19-22-25-28-29-30-31-32-33-36-39-42-45-48-51-54-57-63(66)69-60(58-67-61(64)55-52-49-46-43-40-37-34-26-23-20-17-14-11-8-5-2)59-68-62(65)56-53-50-47-44-41-38-35-27-24-21-18-15-12-9-6-3/h17,20-21,24,26,34,40,43,60H,4-16,18-19,22-23,25,27-33,35-39,41-42,44-59H2,1-3H3/b20-17-,24-21-,34-26-,43-40-/t60-/m1/s1. The van der Waals surface area contributed by atoms with Gasteiger partial charge in [-0.25, -0.2) is 0 Å². The highest BCUT2D eigenvalue weighted by Gasteiger charge is 2.19. The first kappa shape index (κ1) is 66.4. The summed E-state index contributed by atoms with van der Waals surface area (Å²) in [5, 5.41) is 0. The van der Waals surface area contributed by atoms with Crippen molar-refractivity contribution in [2.45, 2.75) is 322 Å². The molecule has 69 heavy (non-hydrogen) atoms. The number of allylic oxidation sites excluding steroid dienone is 8. The Balaban J connectivity index is 4.36. The molecule has 0 aromatic carbocycles. The molecule has 1 atom stereocenters. The van der Waals surface area contributed by atoms with E-state index in [4.69, 9.17) is 14.2 Å². The summed E-state index contributed by atoms with van der Waals surface area (Å²) in [6, 6.07) is 0. The number of ether oxygens (including phenoxy) is 3. The van der Waals surface area contributed by atoms with Crippen molar-refractivity contribution < 1.29 is 28.6 Å². The van der Waals surface area contributed by atoms with Gasteiger partial charge in [0.25, 0.3) is 0 Å². The Morgan fingerprint density at radius 2 is 0.522 bits per heavy atom. The molecular weight excluding hydrogens is 853 g/mol. The van der Waals surface area contributed by atoms with Gasteiger partial charge in [0.1, 0.15) is 13.2 Å². The monoisotopic (exact) mass is 967 g/mol. The molecule has 0 amide bonds. The molecule has 0 radical (unpaired) electrons. The van der Waals surface area contributed by atoms with Crippen molar-refractivity contribution >= 4 is 17.9 Å². The quantitative estimate of drug-likeness (QED) is 0.0262. The Hall–Kier alpha value is -2.63. The fourth-order valence-electron chi connectivity index (χ4n) is 8.74. The van der Waals surface area contributed by atoms with Crippen LogP contribution >= 0.6 is 0 Å². The molecule has 0 heterocycles. The minimum atomic E-state index is -0.788. The van der Waals surface area contributed by atoms with E-state index in [2.05, 4.69) is 69.4 Å². The molecule has 0 aromatic heterocycles. The van der Waals surface area contributed by atoms with E-state index in [9.17, 15) is 14.4 Å². The van der Waals surface area contributed by atoms with Crippen molar-refractivity contribution in [3.8, 4) is 0 Å². The predicted molar refractivity (Wildman–Crippen MR) is 298 cm³/mol. The van der Waals surface area contributed by atoms with Gasteiger partial charge in [0.15, 0.2) is 6.10 Å². The average Bonchev–Trinajstić information content (AvgIpc) is 3.35. The van der Waals surface area contributed by atoms with E-state index < -0.39 is 6.10 Å². The van der Waals surface area contributed by atoms with Crippen LogP contribution in [0.4, 0.5) is 0 Å². The molecule has 6 nitrogen and oxygen atoms in total. The van der Waals surface area contributed by atoms with Crippen LogP contribution in [0.1, 0.15) is 316 Å². The first-order chi connectivity index (χ1) is 34.0. The summed E-state index contributed by atoms with van der Waals surface area (Å²) in [5.41, 5.74) is 0. The molecule has 0 unspecified atom stereocenters. The van der Waals surface area contributed by atoms with Crippen molar-refractivity contribution in [2.75, 3.05) is 13.2 Å². The number of unbranched alkanes of at least 4 members (excludes halogenated alkanes) is 36. The van der Waals surface area contributed by atoms with Gasteiger partial charge in [-0.2, -0.15) is 0 Å². The zero-order valence-electron chi connectivity index (χ0n) is 46.1. The van der Waals surface area contributed by atoms with Gasteiger partial charge in [0, 0.05) is 19.3 Å². The first-order valence-corrected chi connectivity index (χ1v) is 30.1.